The first-order valence-electron chi connectivity index (χ1n) is 6.49. The molecule has 1 heterocycles. The molecule has 1 aromatic heterocycles. The van der Waals surface area contributed by atoms with Gasteiger partial charge in [-0.25, -0.2) is 0 Å². The third kappa shape index (κ3) is 3.54. The fourth-order valence-corrected chi connectivity index (χ4v) is 1.85. The summed E-state index contributed by atoms with van der Waals surface area (Å²) in [5.74, 6) is 1.84. The second-order valence-corrected chi connectivity index (χ2v) is 4.46. The number of benzene rings is 1. The summed E-state index contributed by atoms with van der Waals surface area (Å²) in [6, 6.07) is 8.42. The van der Waals surface area contributed by atoms with Crippen LogP contribution in [0.25, 0.3) is 0 Å². The van der Waals surface area contributed by atoms with Crippen molar-refractivity contribution in [1.29, 1.82) is 0 Å². The monoisotopic (exact) mass is 260 g/mol. The van der Waals surface area contributed by atoms with Crippen molar-refractivity contribution in [3.05, 3.63) is 42.0 Å². The molecule has 1 aromatic carbocycles. The standard InChI is InChI=1S/C14H20N4O/c1-4-19-13-7-5-12(6-8-13)11(2)15-9-14-17-16-10-18(14)3/h5-8,10-11,15H,4,9H2,1-3H3. The number of hydrogen-bond acceptors (Lipinski definition) is 4. The Labute approximate surface area is 113 Å². The van der Waals surface area contributed by atoms with Crippen molar-refractivity contribution in [1.82, 2.24) is 20.1 Å². The molecule has 0 aliphatic carbocycles. The SMILES string of the molecule is CCOc1ccc(C(C)NCc2nncn2C)cc1. The molecular formula is C14H20N4O. The van der Waals surface area contributed by atoms with Gasteiger partial charge in [0.1, 0.15) is 17.9 Å². The predicted molar refractivity (Wildman–Crippen MR) is 73.9 cm³/mol. The minimum atomic E-state index is 0.257. The van der Waals surface area contributed by atoms with Crippen molar-refractivity contribution in [2.24, 2.45) is 7.05 Å². The van der Waals surface area contributed by atoms with Crippen LogP contribution in [0.15, 0.2) is 30.6 Å². The third-order valence-electron chi connectivity index (χ3n) is 3.06. The van der Waals surface area contributed by atoms with Gasteiger partial charge in [0.25, 0.3) is 0 Å². The van der Waals surface area contributed by atoms with Crippen LogP contribution in [0.1, 0.15) is 31.3 Å². The van der Waals surface area contributed by atoms with E-state index in [1.165, 1.54) is 5.56 Å². The molecule has 1 N–H and O–H groups in total. The molecule has 0 fully saturated rings. The Hall–Kier alpha value is -1.88. The van der Waals surface area contributed by atoms with Crippen LogP contribution in [0.3, 0.4) is 0 Å². The number of hydrogen-bond donors (Lipinski definition) is 1. The molecule has 0 aliphatic rings. The van der Waals surface area contributed by atoms with Crippen LogP contribution in [-0.4, -0.2) is 21.4 Å². The Balaban J connectivity index is 1.92. The van der Waals surface area contributed by atoms with Crippen LogP contribution in [0, 0.1) is 0 Å². The molecule has 2 aromatic rings. The lowest BCUT2D eigenvalue weighted by molar-refractivity contribution is 0.340. The lowest BCUT2D eigenvalue weighted by atomic mass is 10.1. The lowest BCUT2D eigenvalue weighted by Crippen LogP contribution is -2.20. The number of nitrogens with one attached hydrogen (secondary N) is 1. The first-order valence-corrected chi connectivity index (χ1v) is 6.49. The minimum Gasteiger partial charge on any atom is -0.494 e. The Bertz CT molecular complexity index is 506. The number of ether oxygens (including phenoxy) is 1. The molecule has 0 saturated heterocycles. The molecular weight excluding hydrogens is 240 g/mol. The first kappa shape index (κ1) is 13.5. The van der Waals surface area contributed by atoms with Gasteiger partial charge < -0.3 is 14.6 Å². The normalized spacial score (nSPS) is 12.4. The lowest BCUT2D eigenvalue weighted by Gasteiger charge is -2.14. The summed E-state index contributed by atoms with van der Waals surface area (Å²) >= 11 is 0. The highest BCUT2D eigenvalue weighted by Gasteiger charge is 2.07. The number of nitrogens with zero attached hydrogens (tertiary/aromatic N) is 3. The average Bonchev–Trinajstić information content (AvgIpc) is 2.83. The van der Waals surface area contributed by atoms with Crippen LogP contribution in [0.2, 0.25) is 0 Å². The first-order chi connectivity index (χ1) is 9.20. The van der Waals surface area contributed by atoms with Crippen LogP contribution in [0.4, 0.5) is 0 Å². The maximum Gasteiger partial charge on any atom is 0.146 e. The van der Waals surface area contributed by atoms with Gasteiger partial charge in [-0.1, -0.05) is 12.1 Å². The number of aryl methyl sites for hydroxylation is 1. The maximum absolute atomic E-state index is 5.43. The van der Waals surface area contributed by atoms with Gasteiger partial charge in [0.05, 0.1) is 13.2 Å². The summed E-state index contributed by atoms with van der Waals surface area (Å²) in [5.41, 5.74) is 1.23. The van der Waals surface area contributed by atoms with Gasteiger partial charge in [0, 0.05) is 13.1 Å². The summed E-state index contributed by atoms with van der Waals surface area (Å²) in [4.78, 5) is 0. The molecule has 0 amide bonds. The maximum atomic E-state index is 5.43. The highest BCUT2D eigenvalue weighted by atomic mass is 16.5. The molecule has 2 rings (SSSR count). The Morgan fingerprint density at radius 3 is 2.63 bits per heavy atom. The topological polar surface area (TPSA) is 52.0 Å². The van der Waals surface area contributed by atoms with Gasteiger partial charge in [0.15, 0.2) is 0 Å². The van der Waals surface area contributed by atoms with E-state index < -0.39 is 0 Å². The molecule has 0 spiro atoms. The van der Waals surface area contributed by atoms with E-state index in [9.17, 15) is 0 Å². The zero-order chi connectivity index (χ0) is 13.7. The minimum absolute atomic E-state index is 0.257. The number of rotatable bonds is 6. The average molecular weight is 260 g/mol. The molecule has 1 atom stereocenters. The van der Waals surface area contributed by atoms with E-state index in [-0.39, 0.29) is 6.04 Å². The van der Waals surface area contributed by atoms with Crippen molar-refractivity contribution < 1.29 is 4.74 Å². The number of aromatic nitrogens is 3. The highest BCUT2D eigenvalue weighted by molar-refractivity contribution is 5.28. The molecule has 102 valence electrons. The van der Waals surface area contributed by atoms with Crippen molar-refractivity contribution in [2.75, 3.05) is 6.61 Å². The Kier molecular flexibility index (Phi) is 4.52. The molecule has 1 unspecified atom stereocenters. The summed E-state index contributed by atoms with van der Waals surface area (Å²) in [7, 11) is 1.94. The van der Waals surface area contributed by atoms with E-state index in [4.69, 9.17) is 4.74 Å². The fraction of sp³-hybridized carbons (Fsp3) is 0.429. The van der Waals surface area contributed by atoms with E-state index in [1.807, 2.05) is 30.7 Å². The highest BCUT2D eigenvalue weighted by Crippen LogP contribution is 2.17. The van der Waals surface area contributed by atoms with Crippen LogP contribution < -0.4 is 10.1 Å². The smallest absolute Gasteiger partial charge is 0.146 e. The summed E-state index contributed by atoms with van der Waals surface area (Å²) in [6.45, 7) is 5.51. The predicted octanol–water partition coefficient (Wildman–Crippen LogP) is 2.06. The van der Waals surface area contributed by atoms with Crippen LogP contribution in [0.5, 0.6) is 5.75 Å². The van der Waals surface area contributed by atoms with Crippen molar-refractivity contribution in [2.45, 2.75) is 26.4 Å². The Morgan fingerprint density at radius 2 is 2.05 bits per heavy atom. The van der Waals surface area contributed by atoms with Crippen molar-refractivity contribution in [3.8, 4) is 5.75 Å². The van der Waals surface area contributed by atoms with E-state index in [2.05, 4.69) is 34.6 Å². The van der Waals surface area contributed by atoms with Crippen LogP contribution >= 0.6 is 0 Å². The van der Waals surface area contributed by atoms with Crippen LogP contribution in [-0.2, 0) is 13.6 Å². The Morgan fingerprint density at radius 1 is 1.32 bits per heavy atom. The summed E-state index contributed by atoms with van der Waals surface area (Å²) in [5, 5.41) is 11.3. The molecule has 0 radical (unpaired) electrons. The molecule has 0 aliphatic heterocycles. The quantitative estimate of drug-likeness (QED) is 0.864. The third-order valence-corrected chi connectivity index (χ3v) is 3.06. The van der Waals surface area contributed by atoms with Gasteiger partial charge in [-0.15, -0.1) is 10.2 Å². The molecule has 19 heavy (non-hydrogen) atoms. The van der Waals surface area contributed by atoms with Gasteiger partial charge in [-0.05, 0) is 31.5 Å². The molecule has 5 nitrogen and oxygen atoms in total. The summed E-state index contributed by atoms with van der Waals surface area (Å²) in [6.07, 6.45) is 1.71. The van der Waals surface area contributed by atoms with E-state index >= 15 is 0 Å². The molecule has 0 bridgehead atoms. The van der Waals surface area contributed by atoms with Gasteiger partial charge in [-0.2, -0.15) is 0 Å². The largest absolute Gasteiger partial charge is 0.494 e. The molecule has 5 heteroatoms. The second kappa shape index (κ2) is 6.33. The molecule has 0 saturated carbocycles. The second-order valence-electron chi connectivity index (χ2n) is 4.46. The van der Waals surface area contributed by atoms with Gasteiger partial charge in [-0.3, -0.25) is 0 Å². The summed E-state index contributed by atoms with van der Waals surface area (Å²) < 4.78 is 7.35. The zero-order valence-corrected chi connectivity index (χ0v) is 11.6. The zero-order valence-electron chi connectivity index (χ0n) is 11.6. The van der Waals surface area contributed by atoms with Crippen molar-refractivity contribution in [3.63, 3.8) is 0 Å². The van der Waals surface area contributed by atoms with E-state index in [0.717, 1.165) is 11.6 Å². The van der Waals surface area contributed by atoms with Gasteiger partial charge >= 0.3 is 0 Å². The van der Waals surface area contributed by atoms with E-state index in [1.54, 1.807) is 6.33 Å². The van der Waals surface area contributed by atoms with Crippen molar-refractivity contribution >= 4 is 0 Å². The fourth-order valence-electron chi connectivity index (χ4n) is 1.85. The van der Waals surface area contributed by atoms with E-state index in [0.29, 0.717) is 13.2 Å². The van der Waals surface area contributed by atoms with Gasteiger partial charge in [0.2, 0.25) is 0 Å².